The molecule has 1 saturated heterocycles. The molecule has 21 heavy (non-hydrogen) atoms. The van der Waals surface area contributed by atoms with Gasteiger partial charge in [-0.05, 0) is 19.0 Å². The number of aliphatic hydroxyl groups excluding tert-OH is 1. The molecule has 0 radical (unpaired) electrons. The number of methoxy groups -OCH3 is 1. The molecule has 1 aliphatic rings. The summed E-state index contributed by atoms with van der Waals surface area (Å²) >= 11 is 0. The molecule has 0 saturated carbocycles. The molecular formula is C14H22N4O3. The number of nitrogen functional groups attached to an aromatic ring is 1. The van der Waals surface area contributed by atoms with E-state index in [9.17, 15) is 4.79 Å². The lowest BCUT2D eigenvalue weighted by Crippen LogP contribution is -2.33. The first-order valence-corrected chi connectivity index (χ1v) is 7.08. The van der Waals surface area contributed by atoms with Crippen LogP contribution in [0.2, 0.25) is 0 Å². The number of anilines is 2. The van der Waals surface area contributed by atoms with Crippen molar-refractivity contribution in [2.45, 2.75) is 6.42 Å². The monoisotopic (exact) mass is 294 g/mol. The van der Waals surface area contributed by atoms with E-state index < -0.39 is 5.97 Å². The van der Waals surface area contributed by atoms with Crippen LogP contribution in [0.25, 0.3) is 0 Å². The summed E-state index contributed by atoms with van der Waals surface area (Å²) in [5.41, 5.74) is 6.78. The number of aromatic nitrogens is 1. The molecule has 116 valence electrons. The lowest BCUT2D eigenvalue weighted by atomic mass is 10.2. The standard InChI is InChI=1S/C14H22N4O3/c1-21-14(20)11-3-4-16-13(12(11)15)18-6-2-5-17(7-8-18)9-10-19/h3-4,19H,2,5-10,15H2,1H3. The quantitative estimate of drug-likeness (QED) is 0.752. The summed E-state index contributed by atoms with van der Waals surface area (Å²) in [7, 11) is 1.33. The molecule has 2 heterocycles. The summed E-state index contributed by atoms with van der Waals surface area (Å²) in [5.74, 6) is 0.177. The van der Waals surface area contributed by atoms with Crippen molar-refractivity contribution >= 4 is 17.5 Å². The Labute approximate surface area is 124 Å². The number of hydrogen-bond donors (Lipinski definition) is 2. The van der Waals surface area contributed by atoms with Crippen LogP contribution in [0.5, 0.6) is 0 Å². The minimum atomic E-state index is -0.451. The maximum Gasteiger partial charge on any atom is 0.340 e. The second kappa shape index (κ2) is 7.24. The molecule has 1 fully saturated rings. The molecule has 0 aliphatic carbocycles. The molecule has 0 amide bonds. The van der Waals surface area contributed by atoms with Crippen molar-refractivity contribution in [2.75, 3.05) is 57.1 Å². The summed E-state index contributed by atoms with van der Waals surface area (Å²) in [4.78, 5) is 20.3. The van der Waals surface area contributed by atoms with Crippen LogP contribution in [0.15, 0.2) is 12.3 Å². The largest absolute Gasteiger partial charge is 0.465 e. The lowest BCUT2D eigenvalue weighted by molar-refractivity contribution is 0.0602. The van der Waals surface area contributed by atoms with Crippen molar-refractivity contribution in [3.05, 3.63) is 17.8 Å². The van der Waals surface area contributed by atoms with Gasteiger partial charge in [-0.3, -0.25) is 4.90 Å². The average molecular weight is 294 g/mol. The van der Waals surface area contributed by atoms with E-state index in [-0.39, 0.29) is 6.61 Å². The maximum atomic E-state index is 11.7. The third-order valence-electron chi connectivity index (χ3n) is 3.68. The van der Waals surface area contributed by atoms with E-state index in [0.29, 0.717) is 23.6 Å². The Morgan fingerprint density at radius 2 is 2.24 bits per heavy atom. The Morgan fingerprint density at radius 3 is 2.95 bits per heavy atom. The van der Waals surface area contributed by atoms with Gasteiger partial charge in [-0.25, -0.2) is 9.78 Å². The van der Waals surface area contributed by atoms with Crippen molar-refractivity contribution in [2.24, 2.45) is 0 Å². The number of rotatable bonds is 4. The number of ether oxygens (including phenoxy) is 1. The zero-order valence-corrected chi connectivity index (χ0v) is 12.3. The van der Waals surface area contributed by atoms with Crippen LogP contribution in [0, 0.1) is 0 Å². The van der Waals surface area contributed by atoms with Gasteiger partial charge >= 0.3 is 5.97 Å². The van der Waals surface area contributed by atoms with Gasteiger partial charge < -0.3 is 20.5 Å². The van der Waals surface area contributed by atoms with E-state index in [1.807, 2.05) is 0 Å². The average Bonchev–Trinajstić information content (AvgIpc) is 2.73. The number of hydrogen-bond acceptors (Lipinski definition) is 7. The number of β-amino-alcohol motifs (C(OH)–C–C–N with tert-alkyl or cyclic N) is 1. The number of pyridine rings is 1. The minimum absolute atomic E-state index is 0.165. The van der Waals surface area contributed by atoms with Crippen LogP contribution in [-0.2, 0) is 4.74 Å². The summed E-state index contributed by atoms with van der Waals surface area (Å²) in [5, 5.41) is 9.02. The number of esters is 1. The number of nitrogens with two attached hydrogens (primary N) is 1. The van der Waals surface area contributed by atoms with Gasteiger partial charge in [-0.2, -0.15) is 0 Å². The van der Waals surface area contributed by atoms with Crippen molar-refractivity contribution in [3.8, 4) is 0 Å². The molecule has 0 aromatic carbocycles. The van der Waals surface area contributed by atoms with Crippen LogP contribution in [0.1, 0.15) is 16.8 Å². The molecule has 7 heteroatoms. The second-order valence-electron chi connectivity index (χ2n) is 4.99. The number of nitrogens with zero attached hydrogens (tertiary/aromatic N) is 3. The van der Waals surface area contributed by atoms with Gasteiger partial charge in [0, 0.05) is 32.4 Å². The highest BCUT2D eigenvalue weighted by Crippen LogP contribution is 2.25. The fraction of sp³-hybridized carbons (Fsp3) is 0.571. The van der Waals surface area contributed by atoms with Crippen molar-refractivity contribution in [1.29, 1.82) is 0 Å². The molecule has 0 bridgehead atoms. The highest BCUT2D eigenvalue weighted by atomic mass is 16.5. The number of carbonyl (C=O) groups excluding carboxylic acids is 1. The highest BCUT2D eigenvalue weighted by Gasteiger charge is 2.20. The second-order valence-corrected chi connectivity index (χ2v) is 4.99. The first-order chi connectivity index (χ1) is 10.2. The highest BCUT2D eigenvalue weighted by molar-refractivity contribution is 5.97. The molecule has 0 atom stereocenters. The molecule has 0 spiro atoms. The first kappa shape index (κ1) is 15.5. The van der Waals surface area contributed by atoms with Crippen molar-refractivity contribution < 1.29 is 14.6 Å². The predicted octanol–water partition coefficient (Wildman–Crippen LogP) is -0.0452. The molecule has 7 nitrogen and oxygen atoms in total. The molecule has 1 aromatic rings. The molecule has 3 N–H and O–H groups in total. The van der Waals surface area contributed by atoms with Gasteiger partial charge in [0.2, 0.25) is 0 Å². The topological polar surface area (TPSA) is 91.9 Å². The number of aliphatic hydroxyl groups is 1. The van der Waals surface area contributed by atoms with Gasteiger partial charge in [-0.1, -0.05) is 0 Å². The number of carbonyl (C=O) groups is 1. The molecule has 1 aliphatic heterocycles. The third-order valence-corrected chi connectivity index (χ3v) is 3.68. The van der Waals surface area contributed by atoms with Crippen molar-refractivity contribution in [1.82, 2.24) is 9.88 Å². The van der Waals surface area contributed by atoms with E-state index >= 15 is 0 Å². The molecule has 1 aromatic heterocycles. The van der Waals surface area contributed by atoms with E-state index in [1.54, 1.807) is 12.3 Å². The van der Waals surface area contributed by atoms with E-state index in [4.69, 9.17) is 15.6 Å². The van der Waals surface area contributed by atoms with Crippen LogP contribution in [0.4, 0.5) is 11.5 Å². The zero-order chi connectivity index (χ0) is 15.2. The lowest BCUT2D eigenvalue weighted by Gasteiger charge is -2.24. The van der Waals surface area contributed by atoms with Crippen LogP contribution in [0.3, 0.4) is 0 Å². The summed E-state index contributed by atoms with van der Waals surface area (Å²) < 4.78 is 4.73. The minimum Gasteiger partial charge on any atom is -0.465 e. The van der Waals surface area contributed by atoms with E-state index in [2.05, 4.69) is 14.8 Å². The fourth-order valence-corrected chi connectivity index (χ4v) is 2.55. The van der Waals surface area contributed by atoms with Crippen LogP contribution >= 0.6 is 0 Å². The smallest absolute Gasteiger partial charge is 0.340 e. The van der Waals surface area contributed by atoms with Crippen LogP contribution < -0.4 is 10.6 Å². The van der Waals surface area contributed by atoms with Crippen LogP contribution in [-0.4, -0.2) is 67.4 Å². The molecular weight excluding hydrogens is 272 g/mol. The Hall–Kier alpha value is -1.86. The SMILES string of the molecule is COC(=O)c1ccnc(N2CCCN(CCO)CC2)c1N. The Balaban J connectivity index is 2.16. The fourth-order valence-electron chi connectivity index (χ4n) is 2.55. The Bertz CT molecular complexity index is 495. The summed E-state index contributed by atoms with van der Waals surface area (Å²) in [6, 6.07) is 1.57. The first-order valence-electron chi connectivity index (χ1n) is 7.08. The molecule has 0 unspecified atom stereocenters. The Morgan fingerprint density at radius 1 is 1.43 bits per heavy atom. The van der Waals surface area contributed by atoms with Gasteiger partial charge in [0.25, 0.3) is 0 Å². The van der Waals surface area contributed by atoms with Crippen molar-refractivity contribution in [3.63, 3.8) is 0 Å². The summed E-state index contributed by atoms with van der Waals surface area (Å²) in [6.07, 6.45) is 2.54. The van der Waals surface area contributed by atoms with Gasteiger partial charge in [0.15, 0.2) is 5.82 Å². The van der Waals surface area contributed by atoms with E-state index in [1.165, 1.54) is 7.11 Å². The normalized spacial score (nSPS) is 16.6. The van der Waals surface area contributed by atoms with E-state index in [0.717, 1.165) is 32.6 Å². The predicted molar refractivity (Wildman–Crippen MR) is 80.3 cm³/mol. The van der Waals surface area contributed by atoms with Gasteiger partial charge in [-0.15, -0.1) is 0 Å². The van der Waals surface area contributed by atoms with Gasteiger partial charge in [0.1, 0.15) is 0 Å². The maximum absolute atomic E-state index is 11.7. The van der Waals surface area contributed by atoms with Gasteiger partial charge in [0.05, 0.1) is 25.0 Å². The zero-order valence-electron chi connectivity index (χ0n) is 12.3. The Kier molecular flexibility index (Phi) is 5.35. The summed E-state index contributed by atoms with van der Waals surface area (Å²) in [6.45, 7) is 4.21. The molecule has 2 rings (SSSR count). The third kappa shape index (κ3) is 3.62.